The summed E-state index contributed by atoms with van der Waals surface area (Å²) >= 11 is 5.88. The maximum atomic E-state index is 12.8. The Morgan fingerprint density at radius 1 is 1.17 bits per heavy atom. The van der Waals surface area contributed by atoms with E-state index in [4.69, 9.17) is 16.9 Å². The van der Waals surface area contributed by atoms with Gasteiger partial charge in [0.1, 0.15) is 5.82 Å². The standard InChI is InChI=1S/C15H9ClFN/c16-14-3-1-2-12(9-14)13(10-18)8-11-4-6-15(17)7-5-11/h1-9H/b13-8-. The molecule has 18 heavy (non-hydrogen) atoms. The highest BCUT2D eigenvalue weighted by atomic mass is 35.5. The van der Waals surface area contributed by atoms with Gasteiger partial charge in [0.15, 0.2) is 0 Å². The van der Waals surface area contributed by atoms with Gasteiger partial charge in [0.2, 0.25) is 0 Å². The van der Waals surface area contributed by atoms with E-state index in [9.17, 15) is 4.39 Å². The summed E-state index contributed by atoms with van der Waals surface area (Å²) in [6, 6.07) is 15.1. The third-order valence-corrected chi connectivity index (χ3v) is 2.67. The molecule has 0 aromatic heterocycles. The van der Waals surface area contributed by atoms with E-state index in [-0.39, 0.29) is 5.82 Å². The molecule has 0 amide bonds. The molecule has 0 N–H and O–H groups in total. The molecule has 88 valence electrons. The Morgan fingerprint density at radius 2 is 1.89 bits per heavy atom. The molecule has 1 nitrogen and oxygen atoms in total. The van der Waals surface area contributed by atoms with Crippen LogP contribution in [-0.4, -0.2) is 0 Å². The van der Waals surface area contributed by atoms with Crippen molar-refractivity contribution in [3.05, 3.63) is 70.5 Å². The van der Waals surface area contributed by atoms with Crippen molar-refractivity contribution in [2.24, 2.45) is 0 Å². The number of allylic oxidation sites excluding steroid dienone is 1. The maximum absolute atomic E-state index is 12.8. The molecule has 0 heterocycles. The number of rotatable bonds is 2. The first-order valence-electron chi connectivity index (χ1n) is 5.32. The molecule has 0 saturated heterocycles. The fraction of sp³-hybridized carbons (Fsp3) is 0. The highest BCUT2D eigenvalue weighted by molar-refractivity contribution is 6.30. The first-order valence-corrected chi connectivity index (χ1v) is 5.70. The van der Waals surface area contributed by atoms with Gasteiger partial charge >= 0.3 is 0 Å². The van der Waals surface area contributed by atoms with E-state index >= 15 is 0 Å². The molecule has 2 aromatic carbocycles. The predicted molar refractivity (Wildman–Crippen MR) is 71.3 cm³/mol. The molecule has 0 aliphatic rings. The zero-order valence-electron chi connectivity index (χ0n) is 9.40. The number of hydrogen-bond donors (Lipinski definition) is 0. The average molecular weight is 258 g/mol. The van der Waals surface area contributed by atoms with Crippen LogP contribution in [0.3, 0.4) is 0 Å². The zero-order chi connectivity index (χ0) is 13.0. The van der Waals surface area contributed by atoms with E-state index in [0.29, 0.717) is 10.6 Å². The lowest BCUT2D eigenvalue weighted by molar-refractivity contribution is 0.628. The van der Waals surface area contributed by atoms with Gasteiger partial charge in [0, 0.05) is 5.02 Å². The minimum atomic E-state index is -0.298. The lowest BCUT2D eigenvalue weighted by Crippen LogP contribution is -1.82. The van der Waals surface area contributed by atoms with Crippen LogP contribution in [-0.2, 0) is 0 Å². The van der Waals surface area contributed by atoms with Crippen LogP contribution in [0.1, 0.15) is 11.1 Å². The molecule has 0 aliphatic heterocycles. The van der Waals surface area contributed by atoms with Gasteiger partial charge in [0.05, 0.1) is 11.6 Å². The van der Waals surface area contributed by atoms with Crippen molar-refractivity contribution in [3.8, 4) is 6.07 Å². The van der Waals surface area contributed by atoms with Crippen molar-refractivity contribution >= 4 is 23.3 Å². The van der Waals surface area contributed by atoms with Crippen LogP contribution in [0.2, 0.25) is 5.02 Å². The highest BCUT2D eigenvalue weighted by Crippen LogP contribution is 2.20. The van der Waals surface area contributed by atoms with Gasteiger partial charge in [-0.1, -0.05) is 35.9 Å². The SMILES string of the molecule is N#C/C(=C/c1ccc(F)cc1)c1cccc(Cl)c1. The minimum Gasteiger partial charge on any atom is -0.207 e. The van der Waals surface area contributed by atoms with Crippen molar-refractivity contribution in [3.63, 3.8) is 0 Å². The molecule has 0 saturated carbocycles. The maximum Gasteiger partial charge on any atom is 0.123 e. The molecular formula is C15H9ClFN. The summed E-state index contributed by atoms with van der Waals surface area (Å²) in [7, 11) is 0. The van der Waals surface area contributed by atoms with E-state index in [0.717, 1.165) is 11.1 Å². The minimum absolute atomic E-state index is 0.298. The molecule has 2 aromatic rings. The molecular weight excluding hydrogens is 249 g/mol. The summed E-state index contributed by atoms with van der Waals surface area (Å²) < 4.78 is 12.8. The largest absolute Gasteiger partial charge is 0.207 e. The smallest absolute Gasteiger partial charge is 0.123 e. The van der Waals surface area contributed by atoms with Crippen LogP contribution in [0.4, 0.5) is 4.39 Å². The first kappa shape index (κ1) is 12.3. The topological polar surface area (TPSA) is 23.8 Å². The third kappa shape index (κ3) is 2.97. The van der Waals surface area contributed by atoms with Gasteiger partial charge in [-0.15, -0.1) is 0 Å². The third-order valence-electron chi connectivity index (χ3n) is 2.44. The average Bonchev–Trinajstić information content (AvgIpc) is 2.38. The lowest BCUT2D eigenvalue weighted by atomic mass is 10.0. The number of nitrogens with zero attached hydrogens (tertiary/aromatic N) is 1. The lowest BCUT2D eigenvalue weighted by Gasteiger charge is -2.00. The highest BCUT2D eigenvalue weighted by Gasteiger charge is 2.01. The predicted octanol–water partition coefficient (Wildman–Crippen LogP) is 4.54. The fourth-order valence-corrected chi connectivity index (χ4v) is 1.75. The van der Waals surface area contributed by atoms with Crippen molar-refractivity contribution in [2.45, 2.75) is 0 Å². The monoisotopic (exact) mass is 257 g/mol. The summed E-state index contributed by atoms with van der Waals surface area (Å²) in [4.78, 5) is 0. The van der Waals surface area contributed by atoms with Crippen LogP contribution in [0.15, 0.2) is 48.5 Å². The quantitative estimate of drug-likeness (QED) is 0.572. The Kier molecular flexibility index (Phi) is 3.76. The van der Waals surface area contributed by atoms with Gasteiger partial charge < -0.3 is 0 Å². The number of halogens is 2. The molecule has 0 radical (unpaired) electrons. The van der Waals surface area contributed by atoms with Crippen LogP contribution >= 0.6 is 11.6 Å². The Labute approximate surface area is 110 Å². The summed E-state index contributed by atoms with van der Waals surface area (Å²) in [6.07, 6.45) is 1.70. The van der Waals surface area contributed by atoms with Crippen molar-refractivity contribution < 1.29 is 4.39 Å². The molecule has 2 rings (SSSR count). The van der Waals surface area contributed by atoms with Crippen LogP contribution in [0, 0.1) is 17.1 Å². The molecule has 0 atom stereocenters. The van der Waals surface area contributed by atoms with Crippen molar-refractivity contribution in [1.82, 2.24) is 0 Å². The van der Waals surface area contributed by atoms with Crippen LogP contribution in [0.25, 0.3) is 11.6 Å². The Morgan fingerprint density at radius 3 is 2.50 bits per heavy atom. The second kappa shape index (κ2) is 5.48. The van der Waals surface area contributed by atoms with E-state index in [1.807, 2.05) is 6.07 Å². The van der Waals surface area contributed by atoms with Gasteiger partial charge in [-0.05, 0) is 41.5 Å². The number of benzene rings is 2. The second-order valence-corrected chi connectivity index (χ2v) is 4.17. The summed E-state index contributed by atoms with van der Waals surface area (Å²) in [5.41, 5.74) is 2.01. The normalized spacial score (nSPS) is 11.1. The van der Waals surface area contributed by atoms with Gasteiger partial charge in [0.25, 0.3) is 0 Å². The number of hydrogen-bond acceptors (Lipinski definition) is 1. The van der Waals surface area contributed by atoms with E-state index < -0.39 is 0 Å². The molecule has 0 aliphatic carbocycles. The van der Waals surface area contributed by atoms with Gasteiger partial charge in [-0.3, -0.25) is 0 Å². The Balaban J connectivity index is 2.40. The summed E-state index contributed by atoms with van der Waals surface area (Å²) in [6.45, 7) is 0. The Hall–Kier alpha value is -2.11. The summed E-state index contributed by atoms with van der Waals surface area (Å²) in [5, 5.41) is 9.73. The van der Waals surface area contributed by atoms with Gasteiger partial charge in [-0.2, -0.15) is 5.26 Å². The molecule has 0 bridgehead atoms. The fourth-order valence-electron chi connectivity index (χ4n) is 1.56. The molecule has 3 heteroatoms. The number of nitriles is 1. The van der Waals surface area contributed by atoms with E-state index in [2.05, 4.69) is 6.07 Å². The second-order valence-electron chi connectivity index (χ2n) is 3.73. The first-order chi connectivity index (χ1) is 8.69. The van der Waals surface area contributed by atoms with E-state index in [1.54, 1.807) is 36.4 Å². The summed E-state index contributed by atoms with van der Waals surface area (Å²) in [5.74, 6) is -0.298. The zero-order valence-corrected chi connectivity index (χ0v) is 10.2. The van der Waals surface area contributed by atoms with Crippen molar-refractivity contribution in [2.75, 3.05) is 0 Å². The Bertz CT molecular complexity index is 624. The molecule has 0 fully saturated rings. The molecule has 0 spiro atoms. The van der Waals surface area contributed by atoms with Crippen LogP contribution in [0.5, 0.6) is 0 Å². The van der Waals surface area contributed by atoms with E-state index in [1.165, 1.54) is 12.1 Å². The van der Waals surface area contributed by atoms with Crippen molar-refractivity contribution in [1.29, 1.82) is 5.26 Å². The molecule has 0 unspecified atom stereocenters. The van der Waals surface area contributed by atoms with Gasteiger partial charge in [-0.25, -0.2) is 4.39 Å². The van der Waals surface area contributed by atoms with Crippen LogP contribution < -0.4 is 0 Å².